The van der Waals surface area contributed by atoms with E-state index in [4.69, 9.17) is 23.7 Å². The molecule has 0 saturated carbocycles. The third-order valence-corrected chi connectivity index (χ3v) is 4.32. The van der Waals surface area contributed by atoms with E-state index in [1.807, 2.05) is 0 Å². The Morgan fingerprint density at radius 1 is 1.24 bits per heavy atom. The quantitative estimate of drug-likeness (QED) is 0.768. The molecule has 0 radical (unpaired) electrons. The number of carbonyl (C=O) groups is 2. The number of benzene rings is 1. The van der Waals surface area contributed by atoms with Crippen molar-refractivity contribution in [1.29, 1.82) is 0 Å². The number of carbonyl (C=O) groups excluding carboxylic acids is 2. The first-order valence-electron chi connectivity index (χ1n) is 7.91. The SMILES string of the molecule is CC1(C)O[C@H]2O[C@H](COC(=O)c3ccccc3)C3(C=NC(=O)O3)[C@H]2O1. The van der Waals surface area contributed by atoms with Crippen molar-refractivity contribution in [2.24, 2.45) is 4.99 Å². The summed E-state index contributed by atoms with van der Waals surface area (Å²) in [5.74, 6) is -1.38. The van der Waals surface area contributed by atoms with E-state index in [1.54, 1.807) is 44.2 Å². The van der Waals surface area contributed by atoms with E-state index in [2.05, 4.69) is 4.99 Å². The Bertz CT molecular complexity index is 732. The zero-order valence-electron chi connectivity index (χ0n) is 13.7. The summed E-state index contributed by atoms with van der Waals surface area (Å²) in [5, 5.41) is 0. The third-order valence-electron chi connectivity index (χ3n) is 4.32. The molecule has 132 valence electrons. The minimum atomic E-state index is -1.27. The van der Waals surface area contributed by atoms with Crippen LogP contribution in [0, 0.1) is 0 Å². The average Bonchev–Trinajstić information content (AvgIpc) is 3.19. The van der Waals surface area contributed by atoms with Crippen LogP contribution in [0.3, 0.4) is 0 Å². The predicted octanol–water partition coefficient (Wildman–Crippen LogP) is 1.68. The first-order chi connectivity index (χ1) is 11.9. The molecular formula is C17H17NO7. The van der Waals surface area contributed by atoms with Crippen LogP contribution in [0.2, 0.25) is 0 Å². The van der Waals surface area contributed by atoms with Crippen LogP contribution in [-0.2, 0) is 23.7 Å². The van der Waals surface area contributed by atoms with Crippen LogP contribution >= 0.6 is 0 Å². The van der Waals surface area contributed by atoms with Gasteiger partial charge in [-0.2, -0.15) is 4.99 Å². The maximum atomic E-state index is 12.1. The number of ether oxygens (including phenoxy) is 5. The second-order valence-electron chi connectivity index (χ2n) is 6.49. The molecule has 0 aliphatic carbocycles. The molecule has 4 rings (SSSR count). The Balaban J connectivity index is 1.51. The lowest BCUT2D eigenvalue weighted by molar-refractivity contribution is -0.222. The number of aliphatic imine (C=N–C) groups is 1. The minimum Gasteiger partial charge on any atom is -0.459 e. The molecule has 4 atom stereocenters. The average molecular weight is 347 g/mol. The highest BCUT2D eigenvalue weighted by molar-refractivity contribution is 5.92. The maximum Gasteiger partial charge on any atom is 0.434 e. The van der Waals surface area contributed by atoms with E-state index in [0.717, 1.165) is 0 Å². The lowest BCUT2D eigenvalue weighted by atomic mass is 9.94. The van der Waals surface area contributed by atoms with Gasteiger partial charge in [-0.1, -0.05) is 18.2 Å². The lowest BCUT2D eigenvalue weighted by Gasteiger charge is -2.30. The van der Waals surface area contributed by atoms with E-state index >= 15 is 0 Å². The molecule has 3 aliphatic rings. The smallest absolute Gasteiger partial charge is 0.434 e. The molecule has 0 bridgehead atoms. The van der Waals surface area contributed by atoms with Gasteiger partial charge in [-0.05, 0) is 26.0 Å². The van der Waals surface area contributed by atoms with Gasteiger partial charge in [-0.3, -0.25) is 0 Å². The largest absolute Gasteiger partial charge is 0.459 e. The summed E-state index contributed by atoms with van der Waals surface area (Å²) in [6, 6.07) is 8.58. The summed E-state index contributed by atoms with van der Waals surface area (Å²) < 4.78 is 28.0. The Labute approximate surface area is 143 Å². The number of hydrogen-bond acceptors (Lipinski definition) is 7. The zero-order valence-corrected chi connectivity index (χ0v) is 13.7. The van der Waals surface area contributed by atoms with Gasteiger partial charge in [0.1, 0.15) is 12.7 Å². The fourth-order valence-electron chi connectivity index (χ4n) is 3.20. The Morgan fingerprint density at radius 2 is 2.00 bits per heavy atom. The third kappa shape index (κ3) is 2.72. The van der Waals surface area contributed by atoms with Gasteiger partial charge in [0.25, 0.3) is 0 Å². The van der Waals surface area contributed by atoms with E-state index in [-0.39, 0.29) is 6.61 Å². The van der Waals surface area contributed by atoms with Crippen molar-refractivity contribution in [2.75, 3.05) is 6.61 Å². The summed E-state index contributed by atoms with van der Waals surface area (Å²) >= 11 is 0. The van der Waals surface area contributed by atoms with Gasteiger partial charge >= 0.3 is 12.1 Å². The van der Waals surface area contributed by atoms with Gasteiger partial charge in [0.15, 0.2) is 18.2 Å². The zero-order chi connectivity index (χ0) is 17.7. The topological polar surface area (TPSA) is 92.7 Å². The summed E-state index contributed by atoms with van der Waals surface area (Å²) in [5.41, 5.74) is -0.854. The molecule has 25 heavy (non-hydrogen) atoms. The van der Waals surface area contributed by atoms with Gasteiger partial charge in [-0.25, -0.2) is 9.59 Å². The molecule has 1 unspecified atom stereocenters. The van der Waals surface area contributed by atoms with Crippen LogP contribution in [0.5, 0.6) is 0 Å². The molecular weight excluding hydrogens is 330 g/mol. The monoisotopic (exact) mass is 347 g/mol. The number of esters is 1. The highest BCUT2D eigenvalue weighted by Crippen LogP contribution is 2.45. The molecule has 8 heteroatoms. The predicted molar refractivity (Wildman–Crippen MR) is 83.1 cm³/mol. The molecule has 1 aromatic carbocycles. The Kier molecular flexibility index (Phi) is 3.64. The van der Waals surface area contributed by atoms with Gasteiger partial charge in [0.05, 0.1) is 11.8 Å². The van der Waals surface area contributed by atoms with Crippen LogP contribution < -0.4 is 0 Å². The van der Waals surface area contributed by atoms with Crippen molar-refractivity contribution in [3.05, 3.63) is 35.9 Å². The molecule has 1 spiro atoms. The fourth-order valence-corrected chi connectivity index (χ4v) is 3.20. The number of nitrogens with zero attached hydrogens (tertiary/aromatic N) is 1. The number of fused-ring (bicyclic) bond motifs is 2. The summed E-state index contributed by atoms with van der Waals surface area (Å²) in [6.45, 7) is 3.34. The molecule has 0 aromatic heterocycles. The van der Waals surface area contributed by atoms with Crippen LogP contribution in [0.15, 0.2) is 35.3 Å². The summed E-state index contributed by atoms with van der Waals surface area (Å²) in [7, 11) is 0. The second kappa shape index (κ2) is 5.62. The van der Waals surface area contributed by atoms with Crippen molar-refractivity contribution in [3.63, 3.8) is 0 Å². The number of rotatable bonds is 3. The van der Waals surface area contributed by atoms with E-state index < -0.39 is 41.9 Å². The number of amides is 1. The van der Waals surface area contributed by atoms with Gasteiger partial charge in [0.2, 0.25) is 5.60 Å². The maximum absolute atomic E-state index is 12.1. The van der Waals surface area contributed by atoms with Crippen LogP contribution in [0.4, 0.5) is 4.79 Å². The molecule has 1 amide bonds. The lowest BCUT2D eigenvalue weighted by Crippen LogP contribution is -2.52. The van der Waals surface area contributed by atoms with Gasteiger partial charge in [-0.15, -0.1) is 0 Å². The van der Waals surface area contributed by atoms with E-state index in [1.165, 1.54) is 6.21 Å². The molecule has 8 nitrogen and oxygen atoms in total. The molecule has 3 aliphatic heterocycles. The standard InChI is InChI=1S/C17H17NO7/c1-16(2)23-12-14(24-16)22-11(17(12)9-18-15(20)25-17)8-21-13(19)10-6-4-3-5-7-10/h3-7,9,11-12,14H,8H2,1-2H3/t11-,12+,14-,17?/m1/s1. The van der Waals surface area contributed by atoms with Crippen molar-refractivity contribution < 1.29 is 33.3 Å². The van der Waals surface area contributed by atoms with Crippen LogP contribution in [0.25, 0.3) is 0 Å². The molecule has 1 aromatic rings. The minimum absolute atomic E-state index is 0.132. The Morgan fingerprint density at radius 3 is 2.68 bits per heavy atom. The van der Waals surface area contributed by atoms with Crippen molar-refractivity contribution in [3.8, 4) is 0 Å². The first-order valence-corrected chi connectivity index (χ1v) is 7.91. The normalized spacial score (nSPS) is 35.0. The second-order valence-corrected chi connectivity index (χ2v) is 6.49. The highest BCUT2D eigenvalue weighted by atomic mass is 16.8. The van der Waals surface area contributed by atoms with Gasteiger partial charge < -0.3 is 23.7 Å². The molecule has 2 fully saturated rings. The van der Waals surface area contributed by atoms with Gasteiger partial charge in [0, 0.05) is 0 Å². The number of hydrogen-bond donors (Lipinski definition) is 0. The van der Waals surface area contributed by atoms with E-state index in [9.17, 15) is 9.59 Å². The van der Waals surface area contributed by atoms with Crippen molar-refractivity contribution in [1.82, 2.24) is 0 Å². The van der Waals surface area contributed by atoms with Crippen molar-refractivity contribution in [2.45, 2.75) is 43.7 Å². The summed E-state index contributed by atoms with van der Waals surface area (Å²) in [6.07, 6.45) is -1.59. The molecule has 3 heterocycles. The summed E-state index contributed by atoms with van der Waals surface area (Å²) in [4.78, 5) is 27.4. The molecule has 0 N–H and O–H groups in total. The van der Waals surface area contributed by atoms with E-state index in [0.29, 0.717) is 5.56 Å². The fraction of sp³-hybridized carbons (Fsp3) is 0.471. The van der Waals surface area contributed by atoms with Crippen LogP contribution in [-0.4, -0.2) is 54.8 Å². The first kappa shape index (κ1) is 16.2. The Hall–Kier alpha value is -2.29. The van der Waals surface area contributed by atoms with Crippen LogP contribution in [0.1, 0.15) is 24.2 Å². The van der Waals surface area contributed by atoms with Crippen molar-refractivity contribution >= 4 is 18.3 Å². The molecule has 2 saturated heterocycles. The highest BCUT2D eigenvalue weighted by Gasteiger charge is 2.67.